The second-order valence-electron chi connectivity index (χ2n) is 7.33. The first-order chi connectivity index (χ1) is 16.8. The third-order valence-electron chi connectivity index (χ3n) is 4.98. The van der Waals surface area contributed by atoms with Crippen molar-refractivity contribution >= 4 is 29.2 Å². The lowest BCUT2D eigenvalue weighted by Gasteiger charge is -2.15. The van der Waals surface area contributed by atoms with Crippen LogP contribution in [0.5, 0.6) is 23.1 Å². The highest BCUT2D eigenvalue weighted by Crippen LogP contribution is 2.39. The minimum absolute atomic E-state index is 0.105. The average Bonchev–Trinajstić information content (AvgIpc) is 2.82. The molecule has 2 aromatic carbocycles. The zero-order valence-corrected chi connectivity index (χ0v) is 20.2. The monoisotopic (exact) mass is 495 g/mol. The van der Waals surface area contributed by atoms with Crippen LogP contribution in [0.1, 0.15) is 22.3 Å². The molecule has 0 bridgehead atoms. The molecule has 0 saturated heterocycles. The lowest BCUT2D eigenvalue weighted by Crippen LogP contribution is -2.09. The van der Waals surface area contributed by atoms with Crippen molar-refractivity contribution in [3.63, 3.8) is 0 Å². The topological polar surface area (TPSA) is 132 Å². The summed E-state index contributed by atoms with van der Waals surface area (Å²) in [6.45, 7) is 3.73. The number of hydrogen-bond acceptors (Lipinski definition) is 9. The van der Waals surface area contributed by atoms with Crippen LogP contribution in [0.15, 0.2) is 36.4 Å². The average molecular weight is 496 g/mol. The van der Waals surface area contributed by atoms with E-state index in [9.17, 15) is 10.1 Å². The van der Waals surface area contributed by atoms with Crippen LogP contribution < -0.4 is 19.5 Å². The largest absolute Gasteiger partial charge is 0.497 e. The van der Waals surface area contributed by atoms with E-state index >= 15 is 0 Å². The zero-order valence-electron chi connectivity index (χ0n) is 19.5. The number of allylic oxidation sites excluding steroid dienone is 1. The number of methoxy groups -OCH3 is 2. The molecule has 0 saturated carbocycles. The summed E-state index contributed by atoms with van der Waals surface area (Å²) in [6, 6.07) is 10.7. The van der Waals surface area contributed by atoms with Crippen LogP contribution in [0.2, 0.25) is 5.28 Å². The molecule has 0 aliphatic rings. The van der Waals surface area contributed by atoms with Crippen molar-refractivity contribution in [2.75, 3.05) is 19.5 Å². The third kappa shape index (κ3) is 5.96. The lowest BCUT2D eigenvalue weighted by atomic mass is 10.1. The van der Waals surface area contributed by atoms with E-state index in [1.54, 1.807) is 57.4 Å². The first-order valence-corrected chi connectivity index (χ1v) is 10.7. The summed E-state index contributed by atoms with van der Waals surface area (Å²) in [5.74, 6) is 1.13. The molecule has 0 fully saturated rings. The van der Waals surface area contributed by atoms with E-state index < -0.39 is 10.6 Å². The Balaban J connectivity index is 1.97. The van der Waals surface area contributed by atoms with Crippen molar-refractivity contribution in [1.29, 1.82) is 5.26 Å². The molecular weight excluding hydrogens is 474 g/mol. The summed E-state index contributed by atoms with van der Waals surface area (Å²) < 4.78 is 16.5. The third-order valence-corrected chi connectivity index (χ3v) is 5.15. The second-order valence-corrected chi connectivity index (χ2v) is 7.67. The molecule has 0 atom stereocenters. The summed E-state index contributed by atoms with van der Waals surface area (Å²) in [4.78, 5) is 19.3. The lowest BCUT2D eigenvalue weighted by molar-refractivity contribution is -0.385. The Bertz CT molecular complexity index is 1310. The Hall–Kier alpha value is -4.36. The van der Waals surface area contributed by atoms with Crippen LogP contribution in [0, 0.1) is 35.3 Å². The van der Waals surface area contributed by atoms with Gasteiger partial charge in [0.25, 0.3) is 0 Å². The minimum Gasteiger partial charge on any atom is -0.497 e. The predicted molar refractivity (Wildman–Crippen MR) is 131 cm³/mol. The number of nitrogens with zero attached hydrogens (tertiary/aromatic N) is 4. The Morgan fingerprint density at radius 1 is 1.17 bits per heavy atom. The Labute approximate surface area is 206 Å². The van der Waals surface area contributed by atoms with E-state index in [2.05, 4.69) is 15.3 Å². The van der Waals surface area contributed by atoms with Gasteiger partial charge in [-0.3, -0.25) is 10.1 Å². The highest BCUT2D eigenvalue weighted by Gasteiger charge is 2.28. The van der Waals surface area contributed by atoms with Gasteiger partial charge in [-0.1, -0.05) is 0 Å². The number of anilines is 1. The molecule has 0 radical (unpaired) electrons. The SMILES string of the molecule is COc1ccc(CNc2nc(Cl)nc(Oc3c(C)cc(C=CC#N)cc3C)c2[N+](=O)[O-])c(OC)c1. The number of aryl methyl sites for hydroxylation is 2. The van der Waals surface area contributed by atoms with Crippen molar-refractivity contribution < 1.29 is 19.1 Å². The smallest absolute Gasteiger partial charge is 0.373 e. The maximum absolute atomic E-state index is 12.0. The van der Waals surface area contributed by atoms with Crippen LogP contribution in [0.3, 0.4) is 0 Å². The van der Waals surface area contributed by atoms with Gasteiger partial charge in [0.05, 0.1) is 25.2 Å². The van der Waals surface area contributed by atoms with Gasteiger partial charge in [-0.05, 0) is 72.5 Å². The van der Waals surface area contributed by atoms with Crippen LogP contribution in [0.4, 0.5) is 11.5 Å². The van der Waals surface area contributed by atoms with Gasteiger partial charge in [-0.25, -0.2) is 0 Å². The summed E-state index contributed by atoms with van der Waals surface area (Å²) >= 11 is 6.09. The van der Waals surface area contributed by atoms with Crippen molar-refractivity contribution in [3.05, 3.63) is 74.1 Å². The van der Waals surface area contributed by atoms with E-state index in [-0.39, 0.29) is 23.5 Å². The maximum Gasteiger partial charge on any atom is 0.373 e. The molecule has 35 heavy (non-hydrogen) atoms. The van der Waals surface area contributed by atoms with Gasteiger partial charge in [-0.15, -0.1) is 0 Å². The second kappa shape index (κ2) is 11.2. The summed E-state index contributed by atoms with van der Waals surface area (Å²) in [5, 5.41) is 23.4. The molecule has 11 heteroatoms. The van der Waals surface area contributed by atoms with Crippen LogP contribution in [-0.4, -0.2) is 29.1 Å². The molecule has 0 aliphatic heterocycles. The summed E-state index contributed by atoms with van der Waals surface area (Å²) in [6.07, 6.45) is 3.02. The number of nitro groups is 1. The van der Waals surface area contributed by atoms with Crippen LogP contribution >= 0.6 is 11.6 Å². The number of halogens is 1. The molecule has 180 valence electrons. The fourth-order valence-corrected chi connectivity index (χ4v) is 3.58. The number of rotatable bonds is 9. The van der Waals surface area contributed by atoms with Crippen molar-refractivity contribution in [3.8, 4) is 29.2 Å². The fraction of sp³-hybridized carbons (Fsp3) is 0.208. The van der Waals surface area contributed by atoms with E-state index in [0.29, 0.717) is 33.9 Å². The van der Waals surface area contributed by atoms with E-state index in [0.717, 1.165) is 5.56 Å². The van der Waals surface area contributed by atoms with Crippen molar-refractivity contribution in [2.45, 2.75) is 20.4 Å². The molecule has 1 heterocycles. The van der Waals surface area contributed by atoms with E-state index in [1.165, 1.54) is 13.2 Å². The minimum atomic E-state index is -0.631. The molecule has 0 aliphatic carbocycles. The number of ether oxygens (including phenoxy) is 3. The molecule has 3 rings (SSSR count). The Morgan fingerprint density at radius 2 is 1.89 bits per heavy atom. The van der Waals surface area contributed by atoms with Gasteiger partial charge in [-0.2, -0.15) is 15.2 Å². The molecule has 1 aromatic heterocycles. The molecule has 0 unspecified atom stereocenters. The standard InChI is InChI=1S/C24H22ClN5O5/c1-14-10-16(6-5-9-26)11-15(2)21(14)35-23-20(30(31)32)22(28-24(25)29-23)27-13-17-7-8-18(33-3)12-19(17)34-4/h5-8,10-12H,13H2,1-4H3,(H,27,28,29). The molecular formula is C24H22ClN5O5. The van der Waals surface area contributed by atoms with Crippen molar-refractivity contribution in [2.24, 2.45) is 0 Å². The molecule has 10 nitrogen and oxygen atoms in total. The zero-order chi connectivity index (χ0) is 25.5. The maximum atomic E-state index is 12.0. The predicted octanol–water partition coefficient (Wildman–Crippen LogP) is 5.61. The normalized spacial score (nSPS) is 10.6. The van der Waals surface area contributed by atoms with Gasteiger partial charge in [0.1, 0.15) is 17.2 Å². The number of benzene rings is 2. The highest BCUT2D eigenvalue weighted by molar-refractivity contribution is 6.28. The van der Waals surface area contributed by atoms with Gasteiger partial charge in [0, 0.05) is 24.3 Å². The van der Waals surface area contributed by atoms with E-state index in [1.807, 2.05) is 6.07 Å². The quantitative estimate of drug-likeness (QED) is 0.174. The summed E-state index contributed by atoms with van der Waals surface area (Å²) in [7, 11) is 3.06. The van der Waals surface area contributed by atoms with Crippen LogP contribution in [0.25, 0.3) is 6.08 Å². The first-order valence-electron chi connectivity index (χ1n) is 10.3. The van der Waals surface area contributed by atoms with Gasteiger partial charge >= 0.3 is 11.6 Å². The first kappa shape index (κ1) is 25.3. The molecule has 3 aromatic rings. The van der Waals surface area contributed by atoms with Crippen molar-refractivity contribution in [1.82, 2.24) is 9.97 Å². The van der Waals surface area contributed by atoms with E-state index in [4.69, 9.17) is 31.1 Å². The number of aromatic nitrogens is 2. The highest BCUT2D eigenvalue weighted by atomic mass is 35.5. The Morgan fingerprint density at radius 3 is 2.49 bits per heavy atom. The molecule has 0 amide bonds. The van der Waals surface area contributed by atoms with Crippen LogP contribution in [-0.2, 0) is 6.54 Å². The van der Waals surface area contributed by atoms with Gasteiger partial charge < -0.3 is 19.5 Å². The van der Waals surface area contributed by atoms with Gasteiger partial charge in [0.15, 0.2) is 0 Å². The number of hydrogen-bond donors (Lipinski definition) is 1. The summed E-state index contributed by atoms with van der Waals surface area (Å²) in [5.41, 5.74) is 2.44. The Kier molecular flexibility index (Phi) is 8.07. The fourth-order valence-electron chi connectivity index (χ4n) is 3.42. The molecule has 0 spiro atoms. The van der Waals surface area contributed by atoms with Gasteiger partial charge in [0.2, 0.25) is 11.1 Å². The molecule has 1 N–H and O–H groups in total. The number of nitriles is 1. The number of nitrogens with one attached hydrogen (secondary N) is 1.